The number of hydrogen-bond donors (Lipinski definition) is 16. The van der Waals surface area contributed by atoms with E-state index in [1.54, 1.807) is 0 Å². The second-order valence-electron chi connectivity index (χ2n) is 14.2. The van der Waals surface area contributed by atoms with Crippen LogP contribution in [0.3, 0.4) is 0 Å². The zero-order valence-electron chi connectivity index (χ0n) is 30.2. The van der Waals surface area contributed by atoms with Gasteiger partial charge in [-0.3, -0.25) is 0 Å². The molecule has 0 aromatic rings. The van der Waals surface area contributed by atoms with Crippen molar-refractivity contribution in [3.8, 4) is 0 Å². The molecule has 0 bridgehead atoms. The summed E-state index contributed by atoms with van der Waals surface area (Å²) in [6, 6.07) is 0. The maximum Gasteiger partial charge on any atom is 0.187 e. The quantitative estimate of drug-likeness (QED) is 0.0772. The fraction of sp³-hybridized carbons (Fsp3) is 1.00. The first kappa shape index (κ1) is 47.0. The smallest absolute Gasteiger partial charge is 0.187 e. The normalized spacial score (nSPS) is 52.5. The molecular formula is C31H54O26. The van der Waals surface area contributed by atoms with Gasteiger partial charge in [-0.1, -0.05) is 0 Å². The molecule has 334 valence electrons. The fourth-order valence-electron chi connectivity index (χ4n) is 6.99. The summed E-state index contributed by atoms with van der Waals surface area (Å²) >= 11 is 0. The standard InChI is InChI=1S/C31H54O26/c1-48-27-23(46)25(56-30-21(44)18(41)13(36)8(3-33)52-30)15(38)10(54-27)5-50-29-24(47)26(57-31-22(45)19(42)14(37)9(4-34)53-31)16(39)11(55-29)6-49-28-20(43)17(40)12(35)7(2-32)51-28/h7-47H,2-6H2,1H3/t7-,8-,9-,10-,11-,12-,13-,14-,15-,16-,17+,18+,19+,20+,21+,22+,23+,24+,25+,26+,27+,28-,29-,30+,31+/m1/s1. The van der Waals surface area contributed by atoms with E-state index in [2.05, 4.69) is 0 Å². The highest BCUT2D eigenvalue weighted by Gasteiger charge is 2.54. The maximum atomic E-state index is 11.4. The Hall–Kier alpha value is -1.04. The highest BCUT2D eigenvalue weighted by molar-refractivity contribution is 4.97. The van der Waals surface area contributed by atoms with Gasteiger partial charge in [0.1, 0.15) is 122 Å². The minimum atomic E-state index is -2.04. The van der Waals surface area contributed by atoms with Crippen molar-refractivity contribution < 1.29 is 129 Å². The molecular weight excluding hydrogens is 788 g/mol. The molecule has 0 spiro atoms. The van der Waals surface area contributed by atoms with E-state index in [1.165, 1.54) is 0 Å². The van der Waals surface area contributed by atoms with Crippen LogP contribution in [0.4, 0.5) is 0 Å². The lowest BCUT2D eigenvalue weighted by Gasteiger charge is -2.47. The molecule has 0 aliphatic carbocycles. The van der Waals surface area contributed by atoms with E-state index in [-0.39, 0.29) is 0 Å². The van der Waals surface area contributed by atoms with Gasteiger partial charge in [-0.05, 0) is 0 Å². The number of hydrogen-bond acceptors (Lipinski definition) is 26. The second kappa shape index (κ2) is 20.2. The van der Waals surface area contributed by atoms with Crippen molar-refractivity contribution in [2.75, 3.05) is 40.1 Å². The Balaban J connectivity index is 1.33. The van der Waals surface area contributed by atoms with Crippen molar-refractivity contribution in [3.63, 3.8) is 0 Å². The third kappa shape index (κ3) is 9.87. The minimum absolute atomic E-state index is 0.757. The van der Waals surface area contributed by atoms with Gasteiger partial charge in [-0.25, -0.2) is 0 Å². The van der Waals surface area contributed by atoms with Crippen LogP contribution in [0.5, 0.6) is 0 Å². The van der Waals surface area contributed by atoms with E-state index >= 15 is 0 Å². The van der Waals surface area contributed by atoms with E-state index in [4.69, 9.17) is 47.4 Å². The van der Waals surface area contributed by atoms with Gasteiger partial charge in [-0.15, -0.1) is 0 Å². The van der Waals surface area contributed by atoms with Gasteiger partial charge in [0.25, 0.3) is 0 Å². The summed E-state index contributed by atoms with van der Waals surface area (Å²) in [6.45, 7) is -3.98. The lowest BCUT2D eigenvalue weighted by atomic mass is 9.96. The van der Waals surface area contributed by atoms with Crippen LogP contribution in [0, 0.1) is 0 Å². The van der Waals surface area contributed by atoms with Crippen molar-refractivity contribution in [1.82, 2.24) is 0 Å². The van der Waals surface area contributed by atoms with Crippen molar-refractivity contribution in [2.24, 2.45) is 0 Å². The van der Waals surface area contributed by atoms with Crippen molar-refractivity contribution in [3.05, 3.63) is 0 Å². The molecule has 26 heteroatoms. The number of methoxy groups -OCH3 is 1. The van der Waals surface area contributed by atoms with Crippen LogP contribution in [0.2, 0.25) is 0 Å². The predicted octanol–water partition coefficient (Wildman–Crippen LogP) is -11.3. The van der Waals surface area contributed by atoms with Gasteiger partial charge in [0, 0.05) is 7.11 Å². The van der Waals surface area contributed by atoms with Crippen molar-refractivity contribution in [2.45, 2.75) is 154 Å². The number of aliphatic hydroxyl groups is 16. The summed E-state index contributed by atoms with van der Waals surface area (Å²) in [5.41, 5.74) is 0. The summed E-state index contributed by atoms with van der Waals surface area (Å²) in [4.78, 5) is 0. The Bertz CT molecular complexity index is 1220. The first-order chi connectivity index (χ1) is 27.0. The Morgan fingerprint density at radius 1 is 0.333 bits per heavy atom. The number of rotatable bonds is 14. The summed E-state index contributed by atoms with van der Waals surface area (Å²) in [5.74, 6) is 0. The predicted molar refractivity (Wildman–Crippen MR) is 171 cm³/mol. The molecule has 0 unspecified atom stereocenters. The molecule has 25 atom stereocenters. The minimum Gasteiger partial charge on any atom is -0.394 e. The van der Waals surface area contributed by atoms with E-state index in [9.17, 15) is 81.7 Å². The lowest BCUT2D eigenvalue weighted by molar-refractivity contribution is -0.376. The van der Waals surface area contributed by atoms with Crippen LogP contribution in [0.25, 0.3) is 0 Å². The topological polar surface area (TPSA) is 416 Å². The molecule has 26 nitrogen and oxygen atoms in total. The average Bonchev–Trinajstić information content (AvgIpc) is 3.20. The highest BCUT2D eigenvalue weighted by atomic mass is 16.8. The molecule has 0 aromatic carbocycles. The van der Waals surface area contributed by atoms with Gasteiger partial charge in [0.2, 0.25) is 0 Å². The van der Waals surface area contributed by atoms with Gasteiger partial charge in [-0.2, -0.15) is 0 Å². The zero-order chi connectivity index (χ0) is 42.0. The molecule has 5 rings (SSSR count). The Kier molecular flexibility index (Phi) is 16.7. The molecule has 5 heterocycles. The van der Waals surface area contributed by atoms with Crippen LogP contribution < -0.4 is 0 Å². The Morgan fingerprint density at radius 2 is 0.632 bits per heavy atom. The summed E-state index contributed by atoms with van der Waals surface area (Å²) in [5, 5.41) is 166. The largest absolute Gasteiger partial charge is 0.394 e. The van der Waals surface area contributed by atoms with Gasteiger partial charge in [0.15, 0.2) is 31.5 Å². The third-order valence-electron chi connectivity index (χ3n) is 10.5. The van der Waals surface area contributed by atoms with Crippen LogP contribution in [0.15, 0.2) is 0 Å². The van der Waals surface area contributed by atoms with Crippen LogP contribution in [-0.2, 0) is 47.4 Å². The monoisotopic (exact) mass is 842 g/mol. The summed E-state index contributed by atoms with van der Waals surface area (Å²) in [6.07, 6.45) is -44.3. The molecule has 0 radical (unpaired) electrons. The molecule has 5 aliphatic rings. The van der Waals surface area contributed by atoms with Crippen LogP contribution in [0.1, 0.15) is 0 Å². The number of aliphatic hydroxyl groups excluding tert-OH is 16. The second-order valence-corrected chi connectivity index (χ2v) is 14.2. The molecule has 5 aliphatic heterocycles. The summed E-state index contributed by atoms with van der Waals surface area (Å²) in [7, 11) is 1.12. The SMILES string of the molecule is CO[C@H]1O[C@H](CO[C@@H]2O[C@H](CO[C@@H]3O[C@H](CO)[C@@H](O)[C@H](O)[C@@H]3O)[C@@H](O)[C@H](O[C@@H]3O[C@H](CO)[C@@H](O)[C@H](O)[C@@H]3O)[C@@H]2O)[C@@H](O)[C@H](O[C@@H]2O[C@H](CO)[C@@H](O)[C@H](O)[C@@H]2O)[C@@H]1O. The molecule has 0 saturated carbocycles. The van der Waals surface area contributed by atoms with Gasteiger partial charge in [0.05, 0.1) is 33.0 Å². The molecule has 5 fully saturated rings. The molecule has 57 heavy (non-hydrogen) atoms. The van der Waals surface area contributed by atoms with Crippen molar-refractivity contribution in [1.29, 1.82) is 0 Å². The van der Waals surface area contributed by atoms with Gasteiger partial charge < -0.3 is 129 Å². The van der Waals surface area contributed by atoms with E-state index in [0.717, 1.165) is 7.11 Å². The average molecular weight is 843 g/mol. The summed E-state index contributed by atoms with van der Waals surface area (Å²) < 4.78 is 55.0. The van der Waals surface area contributed by atoms with Crippen LogP contribution >= 0.6 is 0 Å². The van der Waals surface area contributed by atoms with E-state index < -0.39 is 187 Å². The first-order valence-corrected chi connectivity index (χ1v) is 18.0. The Labute approximate surface area is 323 Å². The van der Waals surface area contributed by atoms with Crippen molar-refractivity contribution >= 4 is 0 Å². The molecule has 0 aromatic heterocycles. The number of ether oxygens (including phenoxy) is 10. The van der Waals surface area contributed by atoms with E-state index in [1.807, 2.05) is 0 Å². The Morgan fingerprint density at radius 3 is 1.00 bits per heavy atom. The first-order valence-electron chi connectivity index (χ1n) is 18.0. The fourth-order valence-corrected chi connectivity index (χ4v) is 6.99. The maximum absolute atomic E-state index is 11.4. The lowest BCUT2D eigenvalue weighted by Crippen LogP contribution is -2.66. The van der Waals surface area contributed by atoms with E-state index in [0.29, 0.717) is 0 Å². The zero-order valence-corrected chi connectivity index (χ0v) is 30.2. The molecule has 5 saturated heterocycles. The van der Waals surface area contributed by atoms with Gasteiger partial charge >= 0.3 is 0 Å². The van der Waals surface area contributed by atoms with Crippen LogP contribution in [-0.4, -0.2) is 275 Å². The molecule has 16 N–H and O–H groups in total. The third-order valence-corrected chi connectivity index (χ3v) is 10.5. The molecule has 0 amide bonds. The highest BCUT2D eigenvalue weighted by Crippen LogP contribution is 2.33.